The molecule has 0 aromatic heterocycles. The van der Waals surface area contributed by atoms with Crippen LogP contribution >= 0.6 is 0 Å². The molecule has 0 amide bonds. The van der Waals surface area contributed by atoms with Gasteiger partial charge in [-0.2, -0.15) is 13.2 Å². The van der Waals surface area contributed by atoms with Gasteiger partial charge in [0.1, 0.15) is 6.17 Å². The Morgan fingerprint density at radius 1 is 1.36 bits per heavy atom. The summed E-state index contributed by atoms with van der Waals surface area (Å²) in [5.41, 5.74) is 0. The molecule has 11 heavy (non-hydrogen) atoms. The highest BCUT2D eigenvalue weighted by atomic mass is 19.4. The topological polar surface area (TPSA) is 4.36 Å². The van der Waals surface area contributed by atoms with Gasteiger partial charge in [0.05, 0.1) is 12.8 Å². The Kier molecular flexibility index (Phi) is 3.86. The maximum Gasteiger partial charge on any atom is 0.391 e. The summed E-state index contributed by atoms with van der Waals surface area (Å²) < 4.78 is 46.5. The summed E-state index contributed by atoms with van der Waals surface area (Å²) in [6, 6.07) is 0. The molecule has 1 atom stereocenters. The zero-order valence-corrected chi connectivity index (χ0v) is 5.66. The molecular formula is C6H7F4N. The molecule has 0 saturated carbocycles. The van der Waals surface area contributed by atoms with Gasteiger partial charge in [-0.1, -0.05) is 0 Å². The third-order valence-electron chi connectivity index (χ3n) is 1.01. The number of halogens is 4. The van der Waals surface area contributed by atoms with E-state index < -0.39 is 18.8 Å². The van der Waals surface area contributed by atoms with Crippen LogP contribution < -0.4 is 0 Å². The molecule has 0 saturated heterocycles. The first-order valence-corrected chi connectivity index (χ1v) is 3.00. The molecule has 0 spiro atoms. The summed E-state index contributed by atoms with van der Waals surface area (Å²) in [6.07, 6.45) is -8.16. The predicted octanol–water partition coefficient (Wildman–Crippen LogP) is 2.59. The maximum absolute atomic E-state index is 12.2. The predicted molar refractivity (Wildman–Crippen MR) is 31.7 cm³/mol. The van der Waals surface area contributed by atoms with Crippen molar-refractivity contribution in [3.63, 3.8) is 0 Å². The zero-order valence-electron chi connectivity index (χ0n) is 5.66. The Bertz CT molecular complexity index is 146. The van der Waals surface area contributed by atoms with Crippen LogP contribution in [0, 0.1) is 6.57 Å². The smallest absolute Gasteiger partial charge is 0.317 e. The van der Waals surface area contributed by atoms with Crippen molar-refractivity contribution in [2.24, 2.45) is 0 Å². The van der Waals surface area contributed by atoms with Gasteiger partial charge in [0.2, 0.25) is 6.54 Å². The Hall–Kier alpha value is -0.790. The van der Waals surface area contributed by atoms with Crippen molar-refractivity contribution in [1.82, 2.24) is 0 Å². The number of rotatable bonds is 3. The number of alkyl halides is 4. The standard InChI is InChI=1S/C6H7F4N/c1-11-3-2-5(7)4-6(8,9)10/h5H,2-4H2. The Balaban J connectivity index is 3.54. The molecule has 0 aromatic carbocycles. The highest BCUT2D eigenvalue weighted by Gasteiger charge is 2.32. The molecular weight excluding hydrogens is 162 g/mol. The maximum atomic E-state index is 12.2. The first kappa shape index (κ1) is 10.2. The Morgan fingerprint density at radius 3 is 2.27 bits per heavy atom. The summed E-state index contributed by atoms with van der Waals surface area (Å²) in [5.74, 6) is 0. The highest BCUT2D eigenvalue weighted by molar-refractivity contribution is 4.68. The van der Waals surface area contributed by atoms with Gasteiger partial charge in [-0.15, -0.1) is 0 Å². The molecule has 0 heterocycles. The number of hydrogen-bond donors (Lipinski definition) is 0. The van der Waals surface area contributed by atoms with E-state index in [1.54, 1.807) is 0 Å². The molecule has 0 aliphatic carbocycles. The van der Waals surface area contributed by atoms with Crippen LogP contribution in [0.2, 0.25) is 0 Å². The van der Waals surface area contributed by atoms with Crippen molar-refractivity contribution in [2.45, 2.75) is 25.2 Å². The lowest BCUT2D eigenvalue weighted by Gasteiger charge is -2.07. The largest absolute Gasteiger partial charge is 0.391 e. The van der Waals surface area contributed by atoms with Gasteiger partial charge in [0, 0.05) is 0 Å². The van der Waals surface area contributed by atoms with Crippen molar-refractivity contribution < 1.29 is 17.6 Å². The van der Waals surface area contributed by atoms with E-state index in [1.165, 1.54) is 0 Å². The zero-order chi connectivity index (χ0) is 8.91. The molecule has 0 radical (unpaired) electrons. The van der Waals surface area contributed by atoms with Crippen molar-refractivity contribution >= 4 is 0 Å². The van der Waals surface area contributed by atoms with Crippen LogP contribution in [0.4, 0.5) is 17.6 Å². The second-order valence-corrected chi connectivity index (χ2v) is 2.09. The number of hydrogen-bond acceptors (Lipinski definition) is 0. The van der Waals surface area contributed by atoms with E-state index in [0.29, 0.717) is 0 Å². The average Bonchev–Trinajstić information content (AvgIpc) is 1.79. The summed E-state index contributed by atoms with van der Waals surface area (Å²) in [6.45, 7) is 6.02. The molecule has 0 N–H and O–H groups in total. The second kappa shape index (κ2) is 4.16. The lowest BCUT2D eigenvalue weighted by Crippen LogP contribution is -2.16. The van der Waals surface area contributed by atoms with Crippen molar-refractivity contribution in [3.8, 4) is 0 Å². The van der Waals surface area contributed by atoms with E-state index in [-0.39, 0.29) is 13.0 Å². The van der Waals surface area contributed by atoms with Gasteiger partial charge in [-0.3, -0.25) is 0 Å². The Morgan fingerprint density at radius 2 is 1.91 bits per heavy atom. The van der Waals surface area contributed by atoms with Gasteiger partial charge in [0.15, 0.2) is 0 Å². The first-order chi connectivity index (χ1) is 4.95. The van der Waals surface area contributed by atoms with Crippen LogP contribution in [-0.2, 0) is 0 Å². The monoisotopic (exact) mass is 169 g/mol. The summed E-state index contributed by atoms with van der Waals surface area (Å²) >= 11 is 0. The summed E-state index contributed by atoms with van der Waals surface area (Å²) in [4.78, 5) is 2.75. The lowest BCUT2D eigenvalue weighted by atomic mass is 10.2. The quantitative estimate of drug-likeness (QED) is 0.451. The van der Waals surface area contributed by atoms with Gasteiger partial charge in [-0.25, -0.2) is 11.0 Å². The van der Waals surface area contributed by atoms with Crippen LogP contribution in [-0.4, -0.2) is 18.9 Å². The fourth-order valence-corrected chi connectivity index (χ4v) is 0.558. The summed E-state index contributed by atoms with van der Waals surface area (Å²) in [7, 11) is 0. The van der Waals surface area contributed by atoms with Crippen molar-refractivity contribution in [3.05, 3.63) is 11.4 Å². The third kappa shape index (κ3) is 7.10. The van der Waals surface area contributed by atoms with E-state index in [1.807, 2.05) is 0 Å². The van der Waals surface area contributed by atoms with Crippen LogP contribution in [0.15, 0.2) is 0 Å². The summed E-state index contributed by atoms with van der Waals surface area (Å²) in [5, 5.41) is 0. The molecule has 0 bridgehead atoms. The van der Waals surface area contributed by atoms with Gasteiger partial charge < -0.3 is 4.85 Å². The first-order valence-electron chi connectivity index (χ1n) is 3.00. The van der Waals surface area contributed by atoms with Gasteiger partial charge in [-0.05, 0) is 0 Å². The van der Waals surface area contributed by atoms with Gasteiger partial charge >= 0.3 is 6.18 Å². The second-order valence-electron chi connectivity index (χ2n) is 2.09. The molecule has 0 aliphatic rings. The van der Waals surface area contributed by atoms with Crippen molar-refractivity contribution in [2.75, 3.05) is 6.54 Å². The molecule has 1 unspecified atom stereocenters. The fraction of sp³-hybridized carbons (Fsp3) is 0.833. The van der Waals surface area contributed by atoms with E-state index >= 15 is 0 Å². The molecule has 5 heteroatoms. The third-order valence-corrected chi connectivity index (χ3v) is 1.01. The SMILES string of the molecule is [C-]#[N+]CCC(F)CC(F)(F)F. The minimum Gasteiger partial charge on any atom is -0.317 e. The molecule has 1 nitrogen and oxygen atoms in total. The average molecular weight is 169 g/mol. The highest BCUT2D eigenvalue weighted by Crippen LogP contribution is 2.24. The minimum atomic E-state index is -4.46. The van der Waals surface area contributed by atoms with Gasteiger partial charge in [0.25, 0.3) is 0 Å². The van der Waals surface area contributed by atoms with E-state index in [9.17, 15) is 17.6 Å². The van der Waals surface area contributed by atoms with E-state index in [0.717, 1.165) is 0 Å². The fourth-order valence-electron chi connectivity index (χ4n) is 0.558. The molecule has 0 fully saturated rings. The normalized spacial score (nSPS) is 14.1. The minimum absolute atomic E-state index is 0.183. The van der Waals surface area contributed by atoms with Crippen LogP contribution in [0.25, 0.3) is 4.85 Å². The lowest BCUT2D eigenvalue weighted by molar-refractivity contribution is -0.146. The number of nitrogens with zero attached hydrogens (tertiary/aromatic N) is 1. The molecule has 0 aromatic rings. The molecule has 64 valence electrons. The van der Waals surface area contributed by atoms with E-state index in [2.05, 4.69) is 4.85 Å². The van der Waals surface area contributed by atoms with Crippen LogP contribution in [0.1, 0.15) is 12.8 Å². The molecule has 0 rings (SSSR count). The van der Waals surface area contributed by atoms with Crippen LogP contribution in [0.5, 0.6) is 0 Å². The molecule has 0 aliphatic heterocycles. The van der Waals surface area contributed by atoms with E-state index in [4.69, 9.17) is 6.57 Å². The Labute approximate surface area is 61.8 Å². The van der Waals surface area contributed by atoms with Crippen LogP contribution in [0.3, 0.4) is 0 Å². The van der Waals surface area contributed by atoms with Crippen molar-refractivity contribution in [1.29, 1.82) is 0 Å².